The molecule has 4 N–H and O–H groups in total. The van der Waals surface area contributed by atoms with Crippen LogP contribution in [0.2, 0.25) is 0 Å². The third-order valence-electron chi connectivity index (χ3n) is 8.83. The normalized spacial score (nSPS) is 19.5. The second-order valence-electron chi connectivity index (χ2n) is 11.5. The number of benzene rings is 2. The molecule has 9 nitrogen and oxygen atoms in total. The van der Waals surface area contributed by atoms with Crippen LogP contribution in [0, 0.1) is 5.92 Å². The van der Waals surface area contributed by atoms with Gasteiger partial charge in [-0.1, -0.05) is 79.9 Å². The zero-order valence-corrected chi connectivity index (χ0v) is 25.0. The van der Waals surface area contributed by atoms with E-state index >= 15 is 0 Å². The first kappa shape index (κ1) is 31.2. The maximum absolute atomic E-state index is 14.1. The fourth-order valence-electron chi connectivity index (χ4n) is 6.34. The number of nitrogens with one attached hydrogen (secondary N) is 4. The van der Waals surface area contributed by atoms with Crippen molar-refractivity contribution in [1.29, 1.82) is 0 Å². The quantitative estimate of drug-likeness (QED) is 0.329. The lowest BCUT2D eigenvalue weighted by Crippen LogP contribution is -2.59. The SMILES string of the molecule is CNC(=O)C(NC(=O)C1CCCN1C(=O)C(NC(=O)C(C)NC)C1CCCCC1)C(c1ccccc1)c1ccccc1. The average molecular weight is 576 g/mol. The number of nitrogens with zero attached hydrogens (tertiary/aromatic N) is 1. The molecule has 9 heteroatoms. The second kappa shape index (κ2) is 15.0. The first-order valence-electron chi connectivity index (χ1n) is 15.3. The predicted octanol–water partition coefficient (Wildman–Crippen LogP) is 2.71. The minimum Gasteiger partial charge on any atom is -0.357 e. The molecule has 226 valence electrons. The molecule has 42 heavy (non-hydrogen) atoms. The Bertz CT molecular complexity index is 1160. The van der Waals surface area contributed by atoms with Crippen LogP contribution in [0.1, 0.15) is 68.9 Å². The van der Waals surface area contributed by atoms with E-state index in [1.165, 1.54) is 0 Å². The van der Waals surface area contributed by atoms with Crippen LogP contribution in [0.5, 0.6) is 0 Å². The van der Waals surface area contributed by atoms with Gasteiger partial charge in [-0.05, 0) is 56.7 Å². The molecule has 0 radical (unpaired) electrons. The molecule has 2 aromatic rings. The van der Waals surface area contributed by atoms with Gasteiger partial charge in [0.25, 0.3) is 0 Å². The van der Waals surface area contributed by atoms with Gasteiger partial charge in [0.2, 0.25) is 23.6 Å². The Morgan fingerprint density at radius 1 is 0.762 bits per heavy atom. The smallest absolute Gasteiger partial charge is 0.246 e. The molecule has 1 aliphatic heterocycles. The van der Waals surface area contributed by atoms with E-state index in [2.05, 4.69) is 21.3 Å². The Labute approximate surface area is 249 Å². The monoisotopic (exact) mass is 575 g/mol. The van der Waals surface area contributed by atoms with E-state index in [-0.39, 0.29) is 29.5 Å². The molecule has 2 fully saturated rings. The average Bonchev–Trinajstić information content (AvgIpc) is 3.54. The van der Waals surface area contributed by atoms with Gasteiger partial charge in [-0.3, -0.25) is 19.2 Å². The van der Waals surface area contributed by atoms with E-state index in [9.17, 15) is 19.2 Å². The summed E-state index contributed by atoms with van der Waals surface area (Å²) in [5, 5.41) is 11.7. The number of likely N-dealkylation sites (tertiary alicyclic amines) is 1. The summed E-state index contributed by atoms with van der Waals surface area (Å²) in [6, 6.07) is 16.6. The van der Waals surface area contributed by atoms with Crippen LogP contribution in [0.15, 0.2) is 60.7 Å². The first-order valence-corrected chi connectivity index (χ1v) is 15.3. The van der Waals surface area contributed by atoms with E-state index in [0.717, 1.165) is 43.2 Å². The molecule has 1 aliphatic carbocycles. The Morgan fingerprint density at radius 3 is 1.90 bits per heavy atom. The van der Waals surface area contributed by atoms with Crippen molar-refractivity contribution in [2.45, 2.75) is 82.0 Å². The van der Waals surface area contributed by atoms with Crippen molar-refractivity contribution in [3.63, 3.8) is 0 Å². The highest BCUT2D eigenvalue weighted by atomic mass is 16.2. The molecule has 4 rings (SSSR count). The highest BCUT2D eigenvalue weighted by Crippen LogP contribution is 2.31. The van der Waals surface area contributed by atoms with Gasteiger partial charge in [0, 0.05) is 19.5 Å². The van der Waals surface area contributed by atoms with Gasteiger partial charge in [0.15, 0.2) is 0 Å². The molecule has 0 aromatic heterocycles. The zero-order valence-electron chi connectivity index (χ0n) is 25.0. The zero-order chi connectivity index (χ0) is 30.1. The Morgan fingerprint density at radius 2 is 1.36 bits per heavy atom. The van der Waals surface area contributed by atoms with Gasteiger partial charge in [0.1, 0.15) is 18.1 Å². The minimum atomic E-state index is -0.893. The molecule has 2 aliphatic rings. The second-order valence-corrected chi connectivity index (χ2v) is 11.5. The van der Waals surface area contributed by atoms with Crippen LogP contribution in [0.3, 0.4) is 0 Å². The van der Waals surface area contributed by atoms with E-state index in [1.54, 1.807) is 25.9 Å². The Balaban J connectivity index is 1.59. The maximum Gasteiger partial charge on any atom is 0.246 e. The lowest BCUT2D eigenvalue weighted by molar-refractivity contribution is -0.143. The molecular weight excluding hydrogens is 530 g/mol. The van der Waals surface area contributed by atoms with Crippen LogP contribution in [-0.2, 0) is 19.2 Å². The predicted molar refractivity (Wildman–Crippen MR) is 162 cm³/mol. The van der Waals surface area contributed by atoms with Crippen molar-refractivity contribution in [3.8, 4) is 0 Å². The summed E-state index contributed by atoms with van der Waals surface area (Å²) in [5.74, 6) is -1.51. The van der Waals surface area contributed by atoms with E-state index in [0.29, 0.717) is 19.4 Å². The standard InChI is InChI=1S/C33H45N5O4/c1-22(34-2)30(39)36-28(25-18-11-6-12-19-25)33(42)38-21-13-20-26(38)31(40)37-29(32(41)35-3)27(23-14-7-4-8-15-23)24-16-9-5-10-17-24/h4-5,7-10,14-17,22,25-29,34H,6,11-13,18-21H2,1-3H3,(H,35,41)(H,36,39)(H,37,40). The number of carbonyl (C=O) groups excluding carboxylic acids is 4. The number of hydrogen-bond donors (Lipinski definition) is 4. The largest absolute Gasteiger partial charge is 0.357 e. The summed E-state index contributed by atoms with van der Waals surface area (Å²) < 4.78 is 0. The van der Waals surface area contributed by atoms with Gasteiger partial charge in [-0.25, -0.2) is 0 Å². The van der Waals surface area contributed by atoms with Crippen molar-refractivity contribution in [2.75, 3.05) is 20.6 Å². The summed E-state index contributed by atoms with van der Waals surface area (Å²) in [5.41, 5.74) is 1.80. The van der Waals surface area contributed by atoms with E-state index in [1.807, 2.05) is 60.7 Å². The van der Waals surface area contributed by atoms with Crippen LogP contribution >= 0.6 is 0 Å². The number of carbonyl (C=O) groups is 4. The molecule has 4 unspecified atom stereocenters. The molecule has 0 bridgehead atoms. The molecular formula is C33H45N5O4. The topological polar surface area (TPSA) is 120 Å². The van der Waals surface area contributed by atoms with Gasteiger partial charge in [0.05, 0.1) is 6.04 Å². The summed E-state index contributed by atoms with van der Waals surface area (Å²) >= 11 is 0. The van der Waals surface area contributed by atoms with Crippen LogP contribution in [0.25, 0.3) is 0 Å². The fourth-order valence-corrected chi connectivity index (χ4v) is 6.34. The summed E-state index contributed by atoms with van der Waals surface area (Å²) in [6.45, 7) is 2.20. The lowest BCUT2D eigenvalue weighted by atomic mass is 9.83. The van der Waals surface area contributed by atoms with Crippen molar-refractivity contribution < 1.29 is 19.2 Å². The highest BCUT2D eigenvalue weighted by Gasteiger charge is 2.42. The third-order valence-corrected chi connectivity index (χ3v) is 8.83. The fraction of sp³-hybridized carbons (Fsp3) is 0.515. The number of likely N-dealkylation sites (N-methyl/N-ethyl adjacent to an activating group) is 2. The summed E-state index contributed by atoms with van der Waals surface area (Å²) in [6.07, 6.45) is 6.06. The van der Waals surface area contributed by atoms with Crippen LogP contribution in [-0.4, -0.2) is 73.3 Å². The Hall–Kier alpha value is -3.72. The number of hydrogen-bond acceptors (Lipinski definition) is 5. The molecule has 2 aromatic carbocycles. The molecule has 4 atom stereocenters. The molecule has 1 saturated carbocycles. The van der Waals surface area contributed by atoms with Gasteiger partial charge >= 0.3 is 0 Å². The summed E-state index contributed by atoms with van der Waals surface area (Å²) in [4.78, 5) is 55.9. The van der Waals surface area contributed by atoms with Crippen molar-refractivity contribution in [3.05, 3.63) is 71.8 Å². The summed E-state index contributed by atoms with van der Waals surface area (Å²) in [7, 11) is 3.27. The van der Waals surface area contributed by atoms with Crippen LogP contribution in [0.4, 0.5) is 0 Å². The first-order chi connectivity index (χ1) is 20.3. The molecule has 1 saturated heterocycles. The highest BCUT2D eigenvalue weighted by molar-refractivity contribution is 5.95. The number of rotatable bonds is 11. The van der Waals surface area contributed by atoms with Crippen molar-refractivity contribution >= 4 is 23.6 Å². The lowest BCUT2D eigenvalue weighted by Gasteiger charge is -2.36. The minimum absolute atomic E-state index is 0.0303. The van der Waals surface area contributed by atoms with E-state index < -0.39 is 30.1 Å². The van der Waals surface area contributed by atoms with Gasteiger partial charge in [-0.15, -0.1) is 0 Å². The van der Waals surface area contributed by atoms with Crippen LogP contribution < -0.4 is 21.3 Å². The van der Waals surface area contributed by atoms with Gasteiger partial charge < -0.3 is 26.2 Å². The van der Waals surface area contributed by atoms with Gasteiger partial charge in [-0.2, -0.15) is 0 Å². The van der Waals surface area contributed by atoms with Crippen molar-refractivity contribution in [1.82, 2.24) is 26.2 Å². The molecule has 1 heterocycles. The molecule has 0 spiro atoms. The van der Waals surface area contributed by atoms with Crippen molar-refractivity contribution in [2.24, 2.45) is 5.92 Å². The number of amides is 4. The Kier molecular flexibility index (Phi) is 11.1. The third kappa shape index (κ3) is 7.37. The molecule has 4 amide bonds. The van der Waals surface area contributed by atoms with E-state index in [4.69, 9.17) is 0 Å². The maximum atomic E-state index is 14.1.